The summed E-state index contributed by atoms with van der Waals surface area (Å²) in [5.41, 5.74) is 0.667. The zero-order valence-corrected chi connectivity index (χ0v) is 9.15. The molecule has 1 aromatic rings. The Morgan fingerprint density at radius 1 is 1.20 bits per heavy atom. The minimum absolute atomic E-state index is 0.153. The standard InChI is InChI=1S/C12H16FN2/c1-10(2)14-7-8-15(9-14)12-6-4-3-5-11(12)13/h3-6,9-10H,7-8H2,1-2H3. The Morgan fingerprint density at radius 2 is 1.93 bits per heavy atom. The molecule has 0 amide bonds. The molecule has 1 fully saturated rings. The van der Waals surface area contributed by atoms with Crippen LogP contribution in [0.15, 0.2) is 24.3 Å². The minimum Gasteiger partial charge on any atom is -0.349 e. The van der Waals surface area contributed by atoms with Gasteiger partial charge in [0.05, 0.1) is 5.69 Å². The van der Waals surface area contributed by atoms with Crippen LogP contribution in [0.25, 0.3) is 0 Å². The number of para-hydroxylation sites is 1. The first-order valence-electron chi connectivity index (χ1n) is 5.30. The Bertz CT molecular complexity index is 338. The average Bonchev–Trinajstić information content (AvgIpc) is 2.67. The van der Waals surface area contributed by atoms with Crippen LogP contribution in [0, 0.1) is 12.5 Å². The second-order valence-corrected chi connectivity index (χ2v) is 4.09. The summed E-state index contributed by atoms with van der Waals surface area (Å²) in [7, 11) is 0. The third-order valence-corrected chi connectivity index (χ3v) is 2.71. The van der Waals surface area contributed by atoms with E-state index in [-0.39, 0.29) is 5.82 Å². The summed E-state index contributed by atoms with van der Waals surface area (Å²) in [4.78, 5) is 4.18. The first-order valence-corrected chi connectivity index (χ1v) is 5.30. The quantitative estimate of drug-likeness (QED) is 0.735. The summed E-state index contributed by atoms with van der Waals surface area (Å²) in [5.74, 6) is -0.153. The van der Waals surface area contributed by atoms with Gasteiger partial charge in [-0.1, -0.05) is 12.1 Å². The molecule has 3 heteroatoms. The number of nitrogens with zero attached hydrogens (tertiary/aromatic N) is 2. The molecule has 1 aromatic carbocycles. The molecule has 15 heavy (non-hydrogen) atoms. The van der Waals surface area contributed by atoms with Crippen LogP contribution in [0.4, 0.5) is 10.1 Å². The topological polar surface area (TPSA) is 6.48 Å². The predicted molar refractivity (Wildman–Crippen MR) is 59.9 cm³/mol. The molecule has 1 aliphatic rings. The average molecular weight is 207 g/mol. The van der Waals surface area contributed by atoms with Crippen molar-refractivity contribution in [2.24, 2.45) is 0 Å². The second-order valence-electron chi connectivity index (χ2n) is 4.09. The van der Waals surface area contributed by atoms with Crippen LogP contribution in [0.3, 0.4) is 0 Å². The van der Waals surface area contributed by atoms with E-state index in [9.17, 15) is 4.39 Å². The molecule has 81 valence electrons. The Hall–Kier alpha value is -1.09. The summed E-state index contributed by atoms with van der Waals surface area (Å²) < 4.78 is 13.5. The van der Waals surface area contributed by atoms with Crippen LogP contribution in [-0.2, 0) is 0 Å². The first-order chi connectivity index (χ1) is 7.18. The van der Waals surface area contributed by atoms with Crippen molar-refractivity contribution < 1.29 is 4.39 Å². The highest BCUT2D eigenvalue weighted by Crippen LogP contribution is 2.24. The second kappa shape index (κ2) is 4.19. The van der Waals surface area contributed by atoms with Gasteiger partial charge < -0.3 is 4.90 Å². The van der Waals surface area contributed by atoms with Crippen LogP contribution >= 0.6 is 0 Å². The van der Waals surface area contributed by atoms with Gasteiger partial charge in [0.1, 0.15) is 12.5 Å². The maximum Gasteiger partial charge on any atom is 0.146 e. The Labute approximate surface area is 90.3 Å². The molecular formula is C12H16FN2. The molecule has 0 aliphatic carbocycles. The van der Waals surface area contributed by atoms with E-state index in [1.165, 1.54) is 6.07 Å². The fraction of sp³-hybridized carbons (Fsp3) is 0.417. The highest BCUT2D eigenvalue weighted by Gasteiger charge is 2.24. The van der Waals surface area contributed by atoms with Crippen molar-refractivity contribution in [3.8, 4) is 0 Å². The fourth-order valence-electron chi connectivity index (χ4n) is 1.78. The van der Waals surface area contributed by atoms with Gasteiger partial charge in [-0.2, -0.15) is 0 Å². The fourth-order valence-corrected chi connectivity index (χ4v) is 1.78. The van der Waals surface area contributed by atoms with Crippen LogP contribution in [-0.4, -0.2) is 24.0 Å². The number of hydrogen-bond donors (Lipinski definition) is 0. The SMILES string of the molecule is CC(C)N1[CH]N(c2ccccc2F)CC1. The summed E-state index contributed by atoms with van der Waals surface area (Å²) in [6.45, 7) is 8.11. The molecule has 0 N–H and O–H groups in total. The van der Waals surface area contributed by atoms with Crippen molar-refractivity contribution >= 4 is 5.69 Å². The van der Waals surface area contributed by atoms with Gasteiger partial charge >= 0.3 is 0 Å². The highest BCUT2D eigenvalue weighted by atomic mass is 19.1. The lowest BCUT2D eigenvalue weighted by molar-refractivity contribution is 0.320. The third kappa shape index (κ3) is 2.12. The van der Waals surface area contributed by atoms with Gasteiger partial charge in [0.15, 0.2) is 0 Å². The van der Waals surface area contributed by atoms with Gasteiger partial charge in [0.25, 0.3) is 0 Å². The van der Waals surface area contributed by atoms with E-state index in [0.717, 1.165) is 13.1 Å². The molecule has 2 nitrogen and oxygen atoms in total. The van der Waals surface area contributed by atoms with Crippen molar-refractivity contribution in [3.63, 3.8) is 0 Å². The molecule has 0 bridgehead atoms. The number of hydrogen-bond acceptors (Lipinski definition) is 2. The Morgan fingerprint density at radius 3 is 2.53 bits per heavy atom. The van der Waals surface area contributed by atoms with Crippen molar-refractivity contribution in [3.05, 3.63) is 36.8 Å². The third-order valence-electron chi connectivity index (χ3n) is 2.71. The summed E-state index contributed by atoms with van der Waals surface area (Å²) in [5, 5.41) is 0. The monoisotopic (exact) mass is 207 g/mol. The molecule has 0 atom stereocenters. The lowest BCUT2D eigenvalue weighted by atomic mass is 10.3. The molecule has 2 rings (SSSR count). The van der Waals surface area contributed by atoms with Crippen LogP contribution < -0.4 is 4.90 Å². The highest BCUT2D eigenvalue weighted by molar-refractivity contribution is 5.50. The van der Waals surface area contributed by atoms with E-state index in [4.69, 9.17) is 0 Å². The van der Waals surface area contributed by atoms with E-state index in [0.29, 0.717) is 11.7 Å². The summed E-state index contributed by atoms with van der Waals surface area (Å²) in [6.07, 6.45) is 0. The van der Waals surface area contributed by atoms with E-state index in [2.05, 4.69) is 18.7 Å². The number of anilines is 1. The molecule has 1 heterocycles. The van der Waals surface area contributed by atoms with E-state index >= 15 is 0 Å². The van der Waals surface area contributed by atoms with Crippen LogP contribution in [0.5, 0.6) is 0 Å². The van der Waals surface area contributed by atoms with E-state index in [1.807, 2.05) is 23.7 Å². The Kier molecular flexibility index (Phi) is 2.91. The van der Waals surface area contributed by atoms with Crippen molar-refractivity contribution in [2.45, 2.75) is 19.9 Å². The van der Waals surface area contributed by atoms with Gasteiger partial charge in [-0.25, -0.2) is 4.39 Å². The molecule has 1 aliphatic heterocycles. The first kappa shape index (κ1) is 10.4. The zero-order valence-electron chi connectivity index (χ0n) is 9.15. The van der Waals surface area contributed by atoms with Gasteiger partial charge in [-0.05, 0) is 26.0 Å². The normalized spacial score (nSPS) is 17.7. The van der Waals surface area contributed by atoms with E-state index in [1.54, 1.807) is 6.07 Å². The van der Waals surface area contributed by atoms with Crippen molar-refractivity contribution in [1.82, 2.24) is 4.90 Å². The lowest BCUT2D eigenvalue weighted by Gasteiger charge is -2.21. The molecule has 1 radical (unpaired) electrons. The number of halogens is 1. The molecule has 0 saturated carbocycles. The van der Waals surface area contributed by atoms with Gasteiger partial charge in [-0.3, -0.25) is 4.90 Å². The maximum atomic E-state index is 13.5. The largest absolute Gasteiger partial charge is 0.349 e. The van der Waals surface area contributed by atoms with Crippen molar-refractivity contribution in [2.75, 3.05) is 18.0 Å². The lowest BCUT2D eigenvalue weighted by Crippen LogP contribution is -2.26. The molecule has 0 spiro atoms. The Balaban J connectivity index is 2.11. The molecule has 0 aromatic heterocycles. The summed E-state index contributed by atoms with van der Waals surface area (Å²) in [6, 6.07) is 7.37. The van der Waals surface area contributed by atoms with Gasteiger partial charge in [-0.15, -0.1) is 0 Å². The van der Waals surface area contributed by atoms with E-state index < -0.39 is 0 Å². The predicted octanol–water partition coefficient (Wildman–Crippen LogP) is 2.48. The van der Waals surface area contributed by atoms with Crippen LogP contribution in [0.2, 0.25) is 0 Å². The minimum atomic E-state index is -0.153. The maximum absolute atomic E-state index is 13.5. The molecule has 0 unspecified atom stereocenters. The smallest absolute Gasteiger partial charge is 0.146 e. The van der Waals surface area contributed by atoms with Crippen LogP contribution in [0.1, 0.15) is 13.8 Å². The molecule has 1 saturated heterocycles. The molecular weight excluding hydrogens is 191 g/mol. The summed E-state index contributed by atoms with van der Waals surface area (Å²) >= 11 is 0. The van der Waals surface area contributed by atoms with Gasteiger partial charge in [0.2, 0.25) is 0 Å². The number of rotatable bonds is 2. The number of benzene rings is 1. The van der Waals surface area contributed by atoms with Gasteiger partial charge in [0, 0.05) is 19.1 Å². The van der Waals surface area contributed by atoms with Crippen molar-refractivity contribution in [1.29, 1.82) is 0 Å². The zero-order chi connectivity index (χ0) is 10.8.